The summed E-state index contributed by atoms with van der Waals surface area (Å²) in [5.74, 6) is -0.145. The maximum absolute atomic E-state index is 12.6. The number of rotatable bonds is 3. The van der Waals surface area contributed by atoms with Gasteiger partial charge in [-0.15, -0.1) is 13.2 Å². The molecule has 2 aliphatic rings. The van der Waals surface area contributed by atoms with Gasteiger partial charge >= 0.3 is 6.36 Å². The average Bonchev–Trinajstić information content (AvgIpc) is 3.20. The van der Waals surface area contributed by atoms with Crippen molar-refractivity contribution >= 4 is 5.91 Å². The Labute approximate surface area is 166 Å². The molecule has 1 aromatic carbocycles. The average molecular weight is 405 g/mol. The monoisotopic (exact) mass is 405 g/mol. The third kappa shape index (κ3) is 3.94. The molecular formula is C21H22F3N3O2. The summed E-state index contributed by atoms with van der Waals surface area (Å²) >= 11 is 0. The second-order valence-electron chi connectivity index (χ2n) is 7.79. The van der Waals surface area contributed by atoms with Crippen molar-refractivity contribution in [1.82, 2.24) is 15.2 Å². The number of nitrogens with zero attached hydrogens (tertiary/aromatic N) is 2. The van der Waals surface area contributed by atoms with Crippen LogP contribution in [0.3, 0.4) is 0 Å². The number of ether oxygens (including phenoxy) is 1. The molecule has 154 valence electrons. The Morgan fingerprint density at radius 1 is 1.21 bits per heavy atom. The number of nitrogens with one attached hydrogen (secondary N) is 1. The minimum Gasteiger partial charge on any atom is -0.406 e. The molecule has 29 heavy (non-hydrogen) atoms. The third-order valence-corrected chi connectivity index (χ3v) is 5.67. The van der Waals surface area contributed by atoms with Crippen LogP contribution in [0.1, 0.15) is 36.7 Å². The van der Waals surface area contributed by atoms with Crippen LogP contribution in [-0.2, 0) is 4.79 Å². The number of amides is 1. The maximum atomic E-state index is 12.6. The molecule has 0 unspecified atom stereocenters. The minimum atomic E-state index is -4.74. The Morgan fingerprint density at radius 3 is 2.69 bits per heavy atom. The predicted octanol–water partition coefficient (Wildman–Crippen LogP) is 3.98. The molecule has 1 amide bonds. The van der Waals surface area contributed by atoms with E-state index >= 15 is 0 Å². The van der Waals surface area contributed by atoms with Gasteiger partial charge in [0.05, 0.1) is 11.7 Å². The van der Waals surface area contributed by atoms with E-state index in [0.29, 0.717) is 5.56 Å². The number of hydrogen-bond acceptors (Lipinski definition) is 4. The van der Waals surface area contributed by atoms with Gasteiger partial charge in [-0.3, -0.25) is 15.1 Å². The summed E-state index contributed by atoms with van der Waals surface area (Å²) in [7, 11) is 1.81. The van der Waals surface area contributed by atoms with Crippen molar-refractivity contribution in [2.75, 3.05) is 13.6 Å². The largest absolute Gasteiger partial charge is 0.573 e. The lowest BCUT2D eigenvalue weighted by molar-refractivity contribution is -0.274. The molecule has 2 aliphatic heterocycles. The molecule has 2 aromatic rings. The van der Waals surface area contributed by atoms with Gasteiger partial charge in [0.25, 0.3) is 0 Å². The van der Waals surface area contributed by atoms with Crippen molar-refractivity contribution in [1.29, 1.82) is 0 Å². The summed E-state index contributed by atoms with van der Waals surface area (Å²) in [4.78, 5) is 18.9. The molecule has 2 fully saturated rings. The van der Waals surface area contributed by atoms with Gasteiger partial charge in [0.15, 0.2) is 0 Å². The Kier molecular flexibility index (Phi) is 4.77. The van der Waals surface area contributed by atoms with E-state index in [9.17, 15) is 18.0 Å². The fourth-order valence-corrected chi connectivity index (χ4v) is 4.30. The number of aromatic nitrogens is 1. The zero-order valence-corrected chi connectivity index (χ0v) is 16.2. The number of halogens is 3. The van der Waals surface area contributed by atoms with E-state index in [1.807, 2.05) is 26.1 Å². The van der Waals surface area contributed by atoms with Crippen molar-refractivity contribution < 1.29 is 22.7 Å². The van der Waals surface area contributed by atoms with Gasteiger partial charge in [-0.2, -0.15) is 0 Å². The van der Waals surface area contributed by atoms with Crippen molar-refractivity contribution in [2.45, 2.75) is 44.1 Å². The van der Waals surface area contributed by atoms with E-state index in [1.165, 1.54) is 18.2 Å². The van der Waals surface area contributed by atoms with E-state index in [-0.39, 0.29) is 17.7 Å². The smallest absolute Gasteiger partial charge is 0.406 e. The molecule has 0 radical (unpaired) electrons. The normalized spacial score (nSPS) is 24.5. The quantitative estimate of drug-likeness (QED) is 0.839. The summed E-state index contributed by atoms with van der Waals surface area (Å²) in [6.07, 6.45) is -2.43. The first-order valence-corrected chi connectivity index (χ1v) is 9.53. The molecule has 4 rings (SSSR count). The fourth-order valence-electron chi connectivity index (χ4n) is 4.30. The van der Waals surface area contributed by atoms with E-state index in [1.54, 1.807) is 11.0 Å². The highest BCUT2D eigenvalue weighted by Gasteiger charge is 2.50. The lowest BCUT2D eigenvalue weighted by atomic mass is 9.96. The number of benzene rings is 1. The fraction of sp³-hybridized carbons (Fsp3) is 0.429. The Balaban J connectivity index is 1.61. The van der Waals surface area contributed by atoms with Crippen LogP contribution in [0.2, 0.25) is 0 Å². The topological polar surface area (TPSA) is 54.5 Å². The summed E-state index contributed by atoms with van der Waals surface area (Å²) in [6.45, 7) is 2.58. The molecular weight excluding hydrogens is 383 g/mol. The summed E-state index contributed by atoms with van der Waals surface area (Å²) in [5, 5.41) is 3.48. The highest BCUT2D eigenvalue weighted by Crippen LogP contribution is 2.39. The van der Waals surface area contributed by atoms with Crippen LogP contribution in [0.5, 0.6) is 5.75 Å². The van der Waals surface area contributed by atoms with Crippen LogP contribution in [-0.4, -0.2) is 41.3 Å². The number of carbonyl (C=O) groups excluding carboxylic acids is 1. The maximum Gasteiger partial charge on any atom is 0.573 e. The van der Waals surface area contributed by atoms with Gasteiger partial charge in [-0.05, 0) is 61.6 Å². The first kappa shape index (κ1) is 19.7. The van der Waals surface area contributed by atoms with Gasteiger partial charge in [0, 0.05) is 19.3 Å². The molecule has 0 saturated carbocycles. The van der Waals surface area contributed by atoms with Crippen molar-refractivity contribution in [2.24, 2.45) is 0 Å². The van der Waals surface area contributed by atoms with Crippen molar-refractivity contribution in [3.8, 4) is 16.9 Å². The first-order valence-electron chi connectivity index (χ1n) is 9.53. The van der Waals surface area contributed by atoms with Gasteiger partial charge < -0.3 is 9.64 Å². The second-order valence-corrected chi connectivity index (χ2v) is 7.79. The molecule has 1 N–H and O–H groups in total. The molecule has 8 heteroatoms. The summed E-state index contributed by atoms with van der Waals surface area (Å²) < 4.78 is 41.7. The zero-order valence-electron chi connectivity index (χ0n) is 16.2. The number of hydrogen-bond donors (Lipinski definition) is 1. The highest BCUT2D eigenvalue weighted by molar-refractivity contribution is 5.88. The van der Waals surface area contributed by atoms with Crippen LogP contribution in [0.15, 0.2) is 36.4 Å². The Hall–Kier alpha value is -2.61. The molecule has 0 aliphatic carbocycles. The van der Waals surface area contributed by atoms with Crippen LogP contribution >= 0.6 is 0 Å². The number of likely N-dealkylation sites (tertiary alicyclic amines) is 1. The Bertz CT molecular complexity index is 947. The van der Waals surface area contributed by atoms with Crippen LogP contribution in [0.25, 0.3) is 11.1 Å². The SMILES string of the molecule is Cc1cc(-c2cccc(OC(F)(F)F)c2)cc([C@H]2CC[C@@]3(CCN(C)C3=O)N2)n1. The molecule has 1 aromatic heterocycles. The van der Waals surface area contributed by atoms with E-state index in [4.69, 9.17) is 0 Å². The van der Waals surface area contributed by atoms with Crippen LogP contribution in [0.4, 0.5) is 13.2 Å². The minimum absolute atomic E-state index is 0.0706. The molecule has 5 nitrogen and oxygen atoms in total. The summed E-state index contributed by atoms with van der Waals surface area (Å²) in [5.41, 5.74) is 2.41. The van der Waals surface area contributed by atoms with Gasteiger partial charge in [-0.25, -0.2) is 0 Å². The number of alkyl halides is 3. The number of pyridine rings is 1. The van der Waals surface area contributed by atoms with Crippen LogP contribution in [0, 0.1) is 6.92 Å². The molecule has 1 spiro atoms. The lowest BCUT2D eigenvalue weighted by Crippen LogP contribution is -2.47. The predicted molar refractivity (Wildman–Crippen MR) is 101 cm³/mol. The molecule has 2 atom stereocenters. The van der Waals surface area contributed by atoms with E-state index < -0.39 is 11.9 Å². The number of likely N-dealkylation sites (N-methyl/N-ethyl adjacent to an activating group) is 1. The highest BCUT2D eigenvalue weighted by atomic mass is 19.4. The standard InChI is InChI=1S/C21H22F3N3O2/c1-13-10-15(14-4-3-5-16(11-14)29-21(22,23)24)12-18(25-13)17-6-7-20(26-17)8-9-27(2)19(20)28/h3-5,10-12,17,26H,6-9H2,1-2H3/t17-,20+/m1/s1. The lowest BCUT2D eigenvalue weighted by Gasteiger charge is -2.23. The Morgan fingerprint density at radius 2 is 2.00 bits per heavy atom. The van der Waals surface area contributed by atoms with Crippen molar-refractivity contribution in [3.63, 3.8) is 0 Å². The first-order chi connectivity index (χ1) is 13.7. The number of carbonyl (C=O) groups is 1. The van der Waals surface area contributed by atoms with Gasteiger partial charge in [0.2, 0.25) is 5.91 Å². The summed E-state index contributed by atoms with van der Waals surface area (Å²) in [6, 6.07) is 9.54. The third-order valence-electron chi connectivity index (χ3n) is 5.67. The molecule has 2 saturated heterocycles. The van der Waals surface area contributed by atoms with Crippen molar-refractivity contribution in [3.05, 3.63) is 47.8 Å². The van der Waals surface area contributed by atoms with Crippen LogP contribution < -0.4 is 10.1 Å². The van der Waals surface area contributed by atoms with Gasteiger partial charge in [0.1, 0.15) is 11.3 Å². The number of aryl methyl sites for hydroxylation is 1. The second kappa shape index (κ2) is 7.02. The van der Waals surface area contributed by atoms with Gasteiger partial charge in [-0.1, -0.05) is 12.1 Å². The zero-order chi connectivity index (χ0) is 20.8. The molecule has 3 heterocycles. The van der Waals surface area contributed by atoms with E-state index in [2.05, 4.69) is 15.0 Å². The molecule has 0 bridgehead atoms. The van der Waals surface area contributed by atoms with E-state index in [0.717, 1.165) is 42.8 Å².